The molecule has 180 valence electrons. The normalized spacial score (nSPS) is 11.0. The number of hydrogen-bond donors (Lipinski definition) is 4. The molecule has 0 atom stereocenters. The van der Waals surface area contributed by atoms with Crippen LogP contribution in [-0.4, -0.2) is 27.1 Å². The first-order valence-corrected chi connectivity index (χ1v) is 11.4. The maximum atomic E-state index is 13.2. The van der Waals surface area contributed by atoms with Crippen molar-refractivity contribution in [2.75, 3.05) is 10.6 Å². The molecular weight excluding hydrogens is 456 g/mol. The molecule has 5 aromatic rings. The number of benzene rings is 3. The van der Waals surface area contributed by atoms with Gasteiger partial charge in [0.05, 0.1) is 5.69 Å². The molecular formula is C28H24N4O4. The van der Waals surface area contributed by atoms with Crippen molar-refractivity contribution in [1.29, 1.82) is 0 Å². The van der Waals surface area contributed by atoms with Crippen LogP contribution < -0.4 is 10.6 Å². The molecule has 5 rings (SSSR count). The lowest BCUT2D eigenvalue weighted by atomic mass is 10.0. The van der Waals surface area contributed by atoms with Crippen LogP contribution in [0.2, 0.25) is 0 Å². The second kappa shape index (κ2) is 9.07. The molecule has 2 aromatic heterocycles. The van der Waals surface area contributed by atoms with Crippen molar-refractivity contribution in [2.24, 2.45) is 0 Å². The van der Waals surface area contributed by atoms with E-state index in [-0.39, 0.29) is 22.9 Å². The van der Waals surface area contributed by atoms with E-state index in [4.69, 9.17) is 4.42 Å². The van der Waals surface area contributed by atoms with E-state index in [1.54, 1.807) is 42.5 Å². The average molecular weight is 481 g/mol. The fourth-order valence-electron chi connectivity index (χ4n) is 4.00. The molecule has 0 aliphatic carbocycles. The molecule has 2 amide bonds. The van der Waals surface area contributed by atoms with Crippen LogP contribution in [0.5, 0.6) is 5.75 Å². The van der Waals surface area contributed by atoms with E-state index in [1.165, 1.54) is 0 Å². The number of furan rings is 1. The van der Waals surface area contributed by atoms with E-state index in [1.807, 2.05) is 45.0 Å². The minimum absolute atomic E-state index is 0.0161. The fraction of sp³-hybridized carbons (Fsp3) is 0.107. The molecule has 0 saturated heterocycles. The monoisotopic (exact) mass is 480 g/mol. The Kier molecular flexibility index (Phi) is 5.77. The predicted molar refractivity (Wildman–Crippen MR) is 138 cm³/mol. The van der Waals surface area contributed by atoms with Gasteiger partial charge >= 0.3 is 0 Å². The quantitative estimate of drug-likeness (QED) is 0.247. The summed E-state index contributed by atoms with van der Waals surface area (Å²) in [6, 6.07) is 19.5. The summed E-state index contributed by atoms with van der Waals surface area (Å²) < 4.78 is 5.83. The third kappa shape index (κ3) is 4.32. The highest BCUT2D eigenvalue weighted by atomic mass is 16.3. The summed E-state index contributed by atoms with van der Waals surface area (Å²) in [5, 5.41) is 23.5. The number of hydrogen-bond acceptors (Lipinski definition) is 5. The number of aryl methyl sites for hydroxylation is 3. The average Bonchev–Trinajstić information content (AvgIpc) is 3.47. The highest BCUT2D eigenvalue weighted by Crippen LogP contribution is 2.33. The summed E-state index contributed by atoms with van der Waals surface area (Å²) in [4.78, 5) is 26.3. The Bertz CT molecular complexity index is 1630. The number of phenols is 1. The predicted octanol–water partition coefficient (Wildman–Crippen LogP) is 5.96. The zero-order valence-corrected chi connectivity index (χ0v) is 20.0. The number of phenolic OH excluding ortho intramolecular Hbond substituents is 1. The van der Waals surface area contributed by atoms with E-state index in [0.29, 0.717) is 27.9 Å². The molecule has 0 bridgehead atoms. The highest BCUT2D eigenvalue weighted by molar-refractivity contribution is 6.16. The standard InChI is InChI=1S/C28H24N4O4/c1-15-7-6-8-18(11-15)29-28(35)26-25(19-9-4-5-10-24(19)36-26)30-27(34)22-14-21(31-32-22)20-12-16(2)17(3)13-23(20)33/h4-14,33H,1-3H3,(H,29,35)(H,30,34)(H,31,32). The van der Waals surface area contributed by atoms with Gasteiger partial charge in [0.1, 0.15) is 22.7 Å². The number of para-hydroxylation sites is 1. The zero-order chi connectivity index (χ0) is 25.4. The second-order valence-corrected chi connectivity index (χ2v) is 8.70. The molecule has 36 heavy (non-hydrogen) atoms. The topological polar surface area (TPSA) is 120 Å². The van der Waals surface area contributed by atoms with E-state index < -0.39 is 11.8 Å². The van der Waals surface area contributed by atoms with Crippen molar-refractivity contribution in [3.05, 3.63) is 94.9 Å². The van der Waals surface area contributed by atoms with Crippen molar-refractivity contribution in [3.8, 4) is 17.0 Å². The molecule has 0 unspecified atom stereocenters. The number of carbonyl (C=O) groups is 2. The molecule has 0 saturated carbocycles. The van der Waals surface area contributed by atoms with Crippen molar-refractivity contribution in [1.82, 2.24) is 10.2 Å². The third-order valence-electron chi connectivity index (χ3n) is 6.03. The van der Waals surface area contributed by atoms with Crippen molar-refractivity contribution >= 4 is 34.2 Å². The van der Waals surface area contributed by atoms with Gasteiger partial charge in [-0.15, -0.1) is 0 Å². The number of anilines is 2. The van der Waals surface area contributed by atoms with Crippen molar-refractivity contribution in [3.63, 3.8) is 0 Å². The van der Waals surface area contributed by atoms with Crippen LogP contribution >= 0.6 is 0 Å². The first-order chi connectivity index (χ1) is 17.3. The number of rotatable bonds is 5. The number of amides is 2. The largest absolute Gasteiger partial charge is 0.507 e. The maximum Gasteiger partial charge on any atom is 0.293 e. The van der Waals surface area contributed by atoms with Crippen LogP contribution in [-0.2, 0) is 0 Å². The number of H-pyrrole nitrogens is 1. The second-order valence-electron chi connectivity index (χ2n) is 8.70. The fourth-order valence-corrected chi connectivity index (χ4v) is 4.00. The van der Waals surface area contributed by atoms with Gasteiger partial charge in [-0.3, -0.25) is 14.7 Å². The molecule has 0 radical (unpaired) electrons. The smallest absolute Gasteiger partial charge is 0.293 e. The molecule has 0 aliphatic heterocycles. The highest BCUT2D eigenvalue weighted by Gasteiger charge is 2.24. The summed E-state index contributed by atoms with van der Waals surface area (Å²) in [6.45, 7) is 5.77. The first kappa shape index (κ1) is 22.9. The van der Waals surface area contributed by atoms with Crippen LogP contribution in [0.25, 0.3) is 22.2 Å². The summed E-state index contributed by atoms with van der Waals surface area (Å²) >= 11 is 0. The Morgan fingerprint density at radius 3 is 2.47 bits per heavy atom. The molecule has 4 N–H and O–H groups in total. The van der Waals surface area contributed by atoms with E-state index in [9.17, 15) is 14.7 Å². The summed E-state index contributed by atoms with van der Waals surface area (Å²) in [7, 11) is 0. The van der Waals surface area contributed by atoms with Gasteiger partial charge in [-0.25, -0.2) is 0 Å². The lowest BCUT2D eigenvalue weighted by Gasteiger charge is -2.07. The molecule has 8 heteroatoms. The van der Waals surface area contributed by atoms with Crippen molar-refractivity contribution in [2.45, 2.75) is 20.8 Å². The Labute approximate surface area is 207 Å². The Hall–Kier alpha value is -4.85. The van der Waals surface area contributed by atoms with Gasteiger partial charge in [0.25, 0.3) is 11.8 Å². The minimum atomic E-state index is -0.506. The number of aromatic hydroxyl groups is 1. The number of carbonyl (C=O) groups excluding carboxylic acids is 2. The Morgan fingerprint density at radius 1 is 0.889 bits per heavy atom. The third-order valence-corrected chi connectivity index (χ3v) is 6.03. The summed E-state index contributed by atoms with van der Waals surface area (Å²) in [6.07, 6.45) is 0. The number of nitrogens with zero attached hydrogens (tertiary/aromatic N) is 1. The number of nitrogens with one attached hydrogen (secondary N) is 3. The molecule has 0 fully saturated rings. The summed E-state index contributed by atoms with van der Waals surface area (Å²) in [5.74, 6) is -0.934. The molecule has 3 aromatic carbocycles. The number of fused-ring (bicyclic) bond motifs is 1. The van der Waals surface area contributed by atoms with Crippen LogP contribution in [0.15, 0.2) is 71.1 Å². The first-order valence-electron chi connectivity index (χ1n) is 11.4. The SMILES string of the molecule is Cc1cccc(NC(=O)c2oc3ccccc3c2NC(=O)c2cc(-c3cc(C)c(C)cc3O)n[nH]2)c1. The number of aromatic nitrogens is 2. The zero-order valence-electron chi connectivity index (χ0n) is 20.0. The van der Waals surface area contributed by atoms with E-state index in [2.05, 4.69) is 20.8 Å². The molecule has 0 spiro atoms. The van der Waals surface area contributed by atoms with Crippen LogP contribution in [0.4, 0.5) is 11.4 Å². The molecule has 2 heterocycles. The van der Waals surface area contributed by atoms with Crippen molar-refractivity contribution < 1.29 is 19.1 Å². The Balaban J connectivity index is 1.46. The van der Waals surface area contributed by atoms with Gasteiger partial charge < -0.3 is 20.2 Å². The van der Waals surface area contributed by atoms with E-state index >= 15 is 0 Å². The number of aromatic amines is 1. The minimum Gasteiger partial charge on any atom is -0.507 e. The van der Waals surface area contributed by atoms with Crippen LogP contribution in [0.1, 0.15) is 37.7 Å². The van der Waals surface area contributed by atoms with Crippen LogP contribution in [0, 0.1) is 20.8 Å². The van der Waals surface area contributed by atoms with Gasteiger partial charge in [-0.2, -0.15) is 5.10 Å². The Morgan fingerprint density at radius 2 is 1.67 bits per heavy atom. The van der Waals surface area contributed by atoms with Gasteiger partial charge in [-0.1, -0.05) is 24.3 Å². The van der Waals surface area contributed by atoms with Crippen LogP contribution in [0.3, 0.4) is 0 Å². The van der Waals surface area contributed by atoms with Gasteiger partial charge in [-0.05, 0) is 79.9 Å². The summed E-state index contributed by atoms with van der Waals surface area (Å²) in [5.41, 5.74) is 5.38. The lowest BCUT2D eigenvalue weighted by molar-refractivity contribution is 0.0999. The molecule has 8 nitrogen and oxygen atoms in total. The van der Waals surface area contributed by atoms with Gasteiger partial charge in [0.2, 0.25) is 5.76 Å². The maximum absolute atomic E-state index is 13.2. The van der Waals surface area contributed by atoms with Gasteiger partial charge in [0, 0.05) is 16.6 Å². The van der Waals surface area contributed by atoms with Gasteiger partial charge in [0.15, 0.2) is 0 Å². The van der Waals surface area contributed by atoms with E-state index in [0.717, 1.165) is 16.7 Å². The molecule has 0 aliphatic rings. The lowest BCUT2D eigenvalue weighted by Crippen LogP contribution is -2.17.